The average molecular weight is 485 g/mol. The van der Waals surface area contributed by atoms with E-state index in [4.69, 9.17) is 4.98 Å². The number of anilines is 2. The Hall–Kier alpha value is -3.34. The van der Waals surface area contributed by atoms with Crippen LogP contribution in [0.1, 0.15) is 44.9 Å². The van der Waals surface area contributed by atoms with E-state index in [1.165, 1.54) is 4.57 Å². The summed E-state index contributed by atoms with van der Waals surface area (Å²) in [6, 6.07) is 3.81. The van der Waals surface area contributed by atoms with Crippen molar-refractivity contribution in [2.45, 2.75) is 70.6 Å². The Labute approximate surface area is 201 Å². The molecule has 1 saturated carbocycles. The molecule has 0 aliphatic heterocycles. The Bertz CT molecular complexity index is 1360. The van der Waals surface area contributed by atoms with Gasteiger partial charge in [-0.05, 0) is 51.2 Å². The van der Waals surface area contributed by atoms with E-state index >= 15 is 0 Å². The Kier molecular flexibility index (Phi) is 6.04. The van der Waals surface area contributed by atoms with Gasteiger partial charge in [-0.15, -0.1) is 0 Å². The number of aliphatic hydroxyl groups is 1. The van der Waals surface area contributed by atoms with Crippen LogP contribution in [-0.4, -0.2) is 59.7 Å². The first kappa shape index (κ1) is 23.4. The fourth-order valence-electron chi connectivity index (χ4n) is 4.94. The Morgan fingerprint density at radius 1 is 1.20 bits per heavy atom. The molecule has 5 rings (SSSR count). The van der Waals surface area contributed by atoms with Gasteiger partial charge in [0.2, 0.25) is 5.95 Å². The minimum Gasteiger partial charge on any atom is -0.390 e. The molecule has 9 nitrogen and oxygen atoms in total. The second kappa shape index (κ2) is 9.03. The van der Waals surface area contributed by atoms with E-state index in [0.29, 0.717) is 40.1 Å². The molecule has 0 radical (unpaired) electrons. The van der Waals surface area contributed by atoms with Crippen molar-refractivity contribution in [2.75, 3.05) is 17.7 Å². The summed E-state index contributed by atoms with van der Waals surface area (Å²) in [5.41, 5.74) is 2.46. The number of H-pyrrole nitrogens is 1. The number of nitrogens with zero attached hydrogens (tertiary/aromatic N) is 5. The topological polar surface area (TPSA) is 117 Å². The lowest BCUT2D eigenvalue weighted by Crippen LogP contribution is -2.38. The van der Waals surface area contributed by atoms with Crippen molar-refractivity contribution in [3.05, 3.63) is 24.2 Å². The zero-order valence-electron chi connectivity index (χ0n) is 20.1. The monoisotopic (exact) mass is 484 g/mol. The van der Waals surface area contributed by atoms with Crippen molar-refractivity contribution in [1.82, 2.24) is 29.5 Å². The highest BCUT2D eigenvalue weighted by atomic mass is 19.3. The van der Waals surface area contributed by atoms with E-state index < -0.39 is 18.6 Å². The van der Waals surface area contributed by atoms with E-state index in [0.717, 1.165) is 43.1 Å². The summed E-state index contributed by atoms with van der Waals surface area (Å²) in [5, 5.41) is 17.8. The molecule has 0 saturated heterocycles. The summed E-state index contributed by atoms with van der Waals surface area (Å²) in [6.07, 6.45) is 3.29. The molecular formula is C24H30F2N8O. The molecule has 1 fully saturated rings. The predicted molar refractivity (Wildman–Crippen MR) is 132 cm³/mol. The van der Waals surface area contributed by atoms with Crippen molar-refractivity contribution < 1.29 is 13.9 Å². The summed E-state index contributed by atoms with van der Waals surface area (Å²) < 4.78 is 27.7. The van der Waals surface area contributed by atoms with Gasteiger partial charge in [-0.2, -0.15) is 9.97 Å². The van der Waals surface area contributed by atoms with Gasteiger partial charge in [0, 0.05) is 24.8 Å². The molecule has 1 aliphatic rings. The molecule has 1 aliphatic carbocycles. The number of fused-ring (bicyclic) bond motifs is 2. The van der Waals surface area contributed by atoms with Crippen LogP contribution < -0.4 is 10.6 Å². The van der Waals surface area contributed by atoms with Crippen LogP contribution in [0.15, 0.2) is 18.3 Å². The Morgan fingerprint density at radius 3 is 2.66 bits per heavy atom. The quantitative estimate of drug-likeness (QED) is 0.306. The van der Waals surface area contributed by atoms with Crippen molar-refractivity contribution in [3.63, 3.8) is 0 Å². The molecule has 0 unspecified atom stereocenters. The van der Waals surface area contributed by atoms with Crippen LogP contribution in [0.25, 0.3) is 33.5 Å². The van der Waals surface area contributed by atoms with Crippen LogP contribution in [-0.2, 0) is 6.54 Å². The first-order valence-corrected chi connectivity index (χ1v) is 12.0. The largest absolute Gasteiger partial charge is 0.390 e. The summed E-state index contributed by atoms with van der Waals surface area (Å²) in [4.78, 5) is 21.6. The molecule has 0 bridgehead atoms. The second-order valence-electron chi connectivity index (χ2n) is 9.27. The lowest BCUT2D eigenvalue weighted by atomic mass is 9.80. The highest BCUT2D eigenvalue weighted by Gasteiger charge is 2.31. The number of hydrogen-bond donors (Lipinski definition) is 4. The van der Waals surface area contributed by atoms with Gasteiger partial charge in [-0.25, -0.2) is 18.7 Å². The van der Waals surface area contributed by atoms with Crippen LogP contribution >= 0.6 is 0 Å². The van der Waals surface area contributed by atoms with Crippen molar-refractivity contribution in [3.8, 4) is 11.3 Å². The molecule has 4 aromatic rings. The number of nitrogens with one attached hydrogen (secondary N) is 3. The van der Waals surface area contributed by atoms with Gasteiger partial charge in [0.15, 0.2) is 5.65 Å². The normalized spacial score (nSPS) is 20.7. The summed E-state index contributed by atoms with van der Waals surface area (Å²) in [7, 11) is 1.79. The number of imidazole rings is 1. The van der Waals surface area contributed by atoms with Crippen LogP contribution in [0, 0.1) is 6.92 Å². The van der Waals surface area contributed by atoms with Crippen LogP contribution in [0.2, 0.25) is 0 Å². The standard InChI is InChI=1S/C24H30F2N8O/c1-4-24(35)9-7-14(8-10-24)30-23-32-20(27-3)19-15(11-28-21(19)33-23)16-5-6-17-22(31-16)34(12-18(25)26)13(2)29-17/h5-6,11,14,18,35H,4,7-10,12H2,1-3H3,(H3,27,28,30,32,33)/t14-,24+. The third-order valence-corrected chi connectivity index (χ3v) is 7.06. The molecule has 4 N–H and O–H groups in total. The lowest BCUT2D eigenvalue weighted by Gasteiger charge is -2.35. The second-order valence-corrected chi connectivity index (χ2v) is 9.27. The van der Waals surface area contributed by atoms with E-state index in [1.807, 2.05) is 13.0 Å². The summed E-state index contributed by atoms with van der Waals surface area (Å²) in [5.74, 6) is 1.64. The van der Waals surface area contributed by atoms with Gasteiger partial charge < -0.3 is 25.3 Å². The van der Waals surface area contributed by atoms with Gasteiger partial charge in [-0.1, -0.05) is 6.92 Å². The van der Waals surface area contributed by atoms with Crippen molar-refractivity contribution in [2.24, 2.45) is 0 Å². The molecule has 186 valence electrons. The maximum absolute atomic E-state index is 13.1. The number of hydrogen-bond acceptors (Lipinski definition) is 7. The third kappa shape index (κ3) is 4.40. The highest BCUT2D eigenvalue weighted by Crippen LogP contribution is 2.35. The first-order chi connectivity index (χ1) is 16.8. The maximum Gasteiger partial charge on any atom is 0.256 e. The van der Waals surface area contributed by atoms with Gasteiger partial charge in [0.1, 0.15) is 22.8 Å². The number of pyridine rings is 1. The van der Waals surface area contributed by atoms with Gasteiger partial charge in [-0.3, -0.25) is 0 Å². The summed E-state index contributed by atoms with van der Waals surface area (Å²) >= 11 is 0. The average Bonchev–Trinajstić information content (AvgIpc) is 3.40. The number of aromatic amines is 1. The van der Waals surface area contributed by atoms with Gasteiger partial charge in [0.25, 0.3) is 6.43 Å². The fourth-order valence-corrected chi connectivity index (χ4v) is 4.94. The number of halogens is 2. The third-order valence-electron chi connectivity index (χ3n) is 7.06. The van der Waals surface area contributed by atoms with E-state index in [1.54, 1.807) is 26.2 Å². The lowest BCUT2D eigenvalue weighted by molar-refractivity contribution is -0.00198. The highest BCUT2D eigenvalue weighted by molar-refractivity contribution is 6.01. The van der Waals surface area contributed by atoms with Gasteiger partial charge in [0.05, 0.1) is 23.2 Å². The molecule has 35 heavy (non-hydrogen) atoms. The van der Waals surface area contributed by atoms with Crippen molar-refractivity contribution in [1.29, 1.82) is 0 Å². The van der Waals surface area contributed by atoms with Gasteiger partial charge >= 0.3 is 0 Å². The van der Waals surface area contributed by atoms with Crippen LogP contribution in [0.4, 0.5) is 20.5 Å². The molecule has 4 heterocycles. The Balaban J connectivity index is 1.48. The van der Waals surface area contributed by atoms with Crippen molar-refractivity contribution >= 4 is 34.0 Å². The number of alkyl halides is 2. The Morgan fingerprint density at radius 2 is 1.97 bits per heavy atom. The van der Waals surface area contributed by atoms with E-state index in [9.17, 15) is 13.9 Å². The number of aryl methyl sites for hydroxylation is 1. The van der Waals surface area contributed by atoms with E-state index in [-0.39, 0.29) is 6.04 Å². The predicted octanol–water partition coefficient (Wildman–Crippen LogP) is 4.48. The fraction of sp³-hybridized carbons (Fsp3) is 0.500. The first-order valence-electron chi connectivity index (χ1n) is 12.0. The molecule has 11 heteroatoms. The SMILES string of the molecule is CC[C@]1(O)CC[C@@H](Nc2nc(NC)c3c(-c4ccc5nc(C)n(CC(F)F)c5n4)c[nH]c3n2)CC1. The minimum absolute atomic E-state index is 0.195. The molecule has 0 atom stereocenters. The molecule has 0 spiro atoms. The molecule has 0 amide bonds. The minimum atomic E-state index is -2.50. The molecule has 0 aromatic carbocycles. The zero-order valence-corrected chi connectivity index (χ0v) is 20.1. The zero-order chi connectivity index (χ0) is 24.7. The van der Waals surface area contributed by atoms with Crippen LogP contribution in [0.5, 0.6) is 0 Å². The smallest absolute Gasteiger partial charge is 0.256 e. The summed E-state index contributed by atoms with van der Waals surface area (Å²) in [6.45, 7) is 3.27. The maximum atomic E-state index is 13.1. The molecular weight excluding hydrogens is 454 g/mol. The number of rotatable bonds is 7. The van der Waals surface area contributed by atoms with Crippen LogP contribution in [0.3, 0.4) is 0 Å². The number of aromatic nitrogens is 6. The molecule has 4 aromatic heterocycles. The van der Waals surface area contributed by atoms with E-state index in [2.05, 4.69) is 30.6 Å².